The summed E-state index contributed by atoms with van der Waals surface area (Å²) >= 11 is 6.04. The maximum atomic E-state index is 9.26. The van der Waals surface area contributed by atoms with Crippen LogP contribution in [0.4, 0.5) is 0 Å². The van der Waals surface area contributed by atoms with E-state index in [1.807, 2.05) is 44.2 Å². The lowest BCUT2D eigenvalue weighted by Crippen LogP contribution is -1.97. The topological polar surface area (TPSA) is 45.9 Å². The molecule has 0 aliphatic rings. The number of benzene rings is 1. The standard InChI is InChI=1S/C15H13ClN2O/c1-3-19-14-7-5-4-6-11(14)12-8-10(2)18-15(16)13(12)9-17/h4-8H,3H2,1-2H3. The Morgan fingerprint density at radius 3 is 2.74 bits per heavy atom. The molecule has 0 fully saturated rings. The summed E-state index contributed by atoms with van der Waals surface area (Å²) in [6, 6.07) is 11.6. The molecule has 2 aromatic rings. The van der Waals surface area contributed by atoms with Crippen molar-refractivity contribution in [2.75, 3.05) is 6.61 Å². The van der Waals surface area contributed by atoms with Crippen molar-refractivity contribution >= 4 is 11.6 Å². The van der Waals surface area contributed by atoms with Crippen molar-refractivity contribution in [1.82, 2.24) is 4.98 Å². The third-order valence-corrected chi connectivity index (χ3v) is 2.97. The zero-order chi connectivity index (χ0) is 13.8. The van der Waals surface area contributed by atoms with Crippen molar-refractivity contribution in [3.05, 3.63) is 46.7 Å². The Balaban J connectivity index is 2.69. The molecule has 0 aliphatic carbocycles. The second kappa shape index (κ2) is 5.73. The molecular formula is C15H13ClN2O. The van der Waals surface area contributed by atoms with E-state index in [1.165, 1.54) is 0 Å². The highest BCUT2D eigenvalue weighted by Crippen LogP contribution is 2.34. The molecule has 2 rings (SSSR count). The molecule has 1 aromatic carbocycles. The highest BCUT2D eigenvalue weighted by molar-refractivity contribution is 6.31. The van der Waals surface area contributed by atoms with Gasteiger partial charge >= 0.3 is 0 Å². The summed E-state index contributed by atoms with van der Waals surface area (Å²) in [6.45, 7) is 4.34. The van der Waals surface area contributed by atoms with Gasteiger partial charge in [-0.25, -0.2) is 4.98 Å². The van der Waals surface area contributed by atoms with Crippen molar-refractivity contribution in [3.63, 3.8) is 0 Å². The largest absolute Gasteiger partial charge is 0.493 e. The highest BCUT2D eigenvalue weighted by Gasteiger charge is 2.14. The highest BCUT2D eigenvalue weighted by atomic mass is 35.5. The molecular weight excluding hydrogens is 260 g/mol. The molecule has 0 spiro atoms. The lowest BCUT2D eigenvalue weighted by molar-refractivity contribution is 0.341. The number of rotatable bonds is 3. The molecule has 0 bridgehead atoms. The van der Waals surface area contributed by atoms with E-state index in [0.29, 0.717) is 12.2 Å². The molecule has 0 saturated heterocycles. The fourth-order valence-corrected chi connectivity index (χ4v) is 2.20. The fraction of sp³-hybridized carbons (Fsp3) is 0.200. The van der Waals surface area contributed by atoms with E-state index in [4.69, 9.17) is 16.3 Å². The summed E-state index contributed by atoms with van der Waals surface area (Å²) in [5.41, 5.74) is 2.75. The minimum Gasteiger partial charge on any atom is -0.493 e. The summed E-state index contributed by atoms with van der Waals surface area (Å²) in [4.78, 5) is 4.11. The van der Waals surface area contributed by atoms with Crippen LogP contribution in [0.1, 0.15) is 18.2 Å². The quantitative estimate of drug-likeness (QED) is 0.794. The molecule has 0 amide bonds. The van der Waals surface area contributed by atoms with Crippen LogP contribution in [0, 0.1) is 18.3 Å². The zero-order valence-corrected chi connectivity index (χ0v) is 11.5. The molecule has 0 atom stereocenters. The molecule has 4 heteroatoms. The summed E-state index contributed by atoms with van der Waals surface area (Å²) in [6.07, 6.45) is 0. The predicted molar refractivity (Wildman–Crippen MR) is 75.3 cm³/mol. The van der Waals surface area contributed by atoms with Crippen LogP contribution in [0.2, 0.25) is 5.15 Å². The van der Waals surface area contributed by atoms with Gasteiger partial charge in [0, 0.05) is 16.8 Å². The number of halogens is 1. The normalized spacial score (nSPS) is 10.0. The van der Waals surface area contributed by atoms with Gasteiger partial charge in [-0.3, -0.25) is 0 Å². The molecule has 0 saturated carbocycles. The van der Waals surface area contributed by atoms with E-state index in [2.05, 4.69) is 11.1 Å². The van der Waals surface area contributed by atoms with E-state index in [-0.39, 0.29) is 5.15 Å². The van der Waals surface area contributed by atoms with Crippen LogP contribution in [0.5, 0.6) is 5.75 Å². The fourth-order valence-electron chi connectivity index (χ4n) is 1.92. The van der Waals surface area contributed by atoms with E-state index in [0.717, 1.165) is 22.6 Å². The van der Waals surface area contributed by atoms with Gasteiger partial charge in [-0.2, -0.15) is 5.26 Å². The van der Waals surface area contributed by atoms with Crippen LogP contribution in [0.15, 0.2) is 30.3 Å². The molecule has 0 N–H and O–H groups in total. The summed E-state index contributed by atoms with van der Waals surface area (Å²) in [7, 11) is 0. The second-order valence-corrected chi connectivity index (χ2v) is 4.38. The molecule has 0 aliphatic heterocycles. The van der Waals surface area contributed by atoms with E-state index in [9.17, 15) is 5.26 Å². The first-order valence-electron chi connectivity index (χ1n) is 5.96. The van der Waals surface area contributed by atoms with Crippen LogP contribution >= 0.6 is 11.6 Å². The number of para-hydroxylation sites is 1. The Labute approximate surface area is 117 Å². The van der Waals surface area contributed by atoms with E-state index in [1.54, 1.807) is 0 Å². The minimum absolute atomic E-state index is 0.226. The minimum atomic E-state index is 0.226. The molecule has 1 heterocycles. The molecule has 3 nitrogen and oxygen atoms in total. The number of aryl methyl sites for hydroxylation is 1. The maximum absolute atomic E-state index is 9.26. The third kappa shape index (κ3) is 2.69. The lowest BCUT2D eigenvalue weighted by atomic mass is 10.0. The number of aromatic nitrogens is 1. The van der Waals surface area contributed by atoms with Crippen molar-refractivity contribution in [3.8, 4) is 22.9 Å². The Bertz CT molecular complexity index is 647. The van der Waals surface area contributed by atoms with Gasteiger partial charge in [0.15, 0.2) is 0 Å². The van der Waals surface area contributed by atoms with Crippen molar-refractivity contribution in [2.45, 2.75) is 13.8 Å². The van der Waals surface area contributed by atoms with Gasteiger partial charge in [0.1, 0.15) is 17.0 Å². The van der Waals surface area contributed by atoms with Gasteiger partial charge in [0.2, 0.25) is 0 Å². The first kappa shape index (κ1) is 13.4. The average molecular weight is 273 g/mol. The van der Waals surface area contributed by atoms with E-state index < -0.39 is 0 Å². The molecule has 96 valence electrons. The number of ether oxygens (including phenoxy) is 1. The number of hydrogen-bond acceptors (Lipinski definition) is 3. The third-order valence-electron chi connectivity index (χ3n) is 2.69. The zero-order valence-electron chi connectivity index (χ0n) is 10.8. The van der Waals surface area contributed by atoms with Crippen LogP contribution in [-0.2, 0) is 0 Å². The molecule has 0 radical (unpaired) electrons. The van der Waals surface area contributed by atoms with E-state index >= 15 is 0 Å². The smallest absolute Gasteiger partial charge is 0.147 e. The second-order valence-electron chi connectivity index (χ2n) is 4.02. The van der Waals surface area contributed by atoms with Gasteiger partial charge < -0.3 is 4.74 Å². The van der Waals surface area contributed by atoms with Crippen molar-refractivity contribution < 1.29 is 4.74 Å². The number of pyridine rings is 1. The average Bonchev–Trinajstić information content (AvgIpc) is 2.39. The number of nitrogens with zero attached hydrogens (tertiary/aromatic N) is 2. The monoisotopic (exact) mass is 272 g/mol. The van der Waals surface area contributed by atoms with Crippen LogP contribution in [-0.4, -0.2) is 11.6 Å². The van der Waals surface area contributed by atoms with Gasteiger partial charge in [0.25, 0.3) is 0 Å². The molecule has 19 heavy (non-hydrogen) atoms. The SMILES string of the molecule is CCOc1ccccc1-c1cc(C)nc(Cl)c1C#N. The lowest BCUT2D eigenvalue weighted by Gasteiger charge is -2.12. The maximum Gasteiger partial charge on any atom is 0.147 e. The number of hydrogen-bond donors (Lipinski definition) is 0. The van der Waals surface area contributed by atoms with Crippen LogP contribution in [0.3, 0.4) is 0 Å². The van der Waals surface area contributed by atoms with Gasteiger partial charge in [0.05, 0.1) is 12.2 Å². The first-order valence-corrected chi connectivity index (χ1v) is 6.34. The number of nitriles is 1. The summed E-state index contributed by atoms with van der Waals surface area (Å²) in [5, 5.41) is 9.48. The van der Waals surface area contributed by atoms with Crippen molar-refractivity contribution in [2.24, 2.45) is 0 Å². The van der Waals surface area contributed by atoms with Gasteiger partial charge in [-0.05, 0) is 26.0 Å². The Kier molecular flexibility index (Phi) is 4.03. The summed E-state index contributed by atoms with van der Waals surface area (Å²) < 4.78 is 5.60. The predicted octanol–water partition coefficient (Wildman–Crippen LogP) is 3.98. The molecule has 0 unspecified atom stereocenters. The first-order chi connectivity index (χ1) is 9.17. The Morgan fingerprint density at radius 1 is 1.32 bits per heavy atom. The summed E-state index contributed by atoms with van der Waals surface area (Å²) in [5.74, 6) is 0.739. The van der Waals surface area contributed by atoms with Gasteiger partial charge in [-0.1, -0.05) is 29.8 Å². The Morgan fingerprint density at radius 2 is 2.05 bits per heavy atom. The molecule has 1 aromatic heterocycles. The Hall–Kier alpha value is -2.05. The van der Waals surface area contributed by atoms with Crippen LogP contribution < -0.4 is 4.74 Å². The van der Waals surface area contributed by atoms with Crippen molar-refractivity contribution in [1.29, 1.82) is 5.26 Å². The van der Waals surface area contributed by atoms with Crippen LogP contribution in [0.25, 0.3) is 11.1 Å². The van der Waals surface area contributed by atoms with Gasteiger partial charge in [-0.15, -0.1) is 0 Å².